The minimum Gasteiger partial charge on any atom is -0.368 e. The zero-order valence-corrected chi connectivity index (χ0v) is 15.9. The summed E-state index contributed by atoms with van der Waals surface area (Å²) in [6, 6.07) is 5.87. The van der Waals surface area contributed by atoms with Gasteiger partial charge in [-0.1, -0.05) is 17.7 Å². The summed E-state index contributed by atoms with van der Waals surface area (Å²) in [7, 11) is 0. The Bertz CT molecular complexity index is 744. The monoisotopic (exact) mass is 377 g/mol. The van der Waals surface area contributed by atoms with Crippen LogP contribution < -0.4 is 10.2 Å². The van der Waals surface area contributed by atoms with E-state index < -0.39 is 5.54 Å². The quantitative estimate of drug-likeness (QED) is 0.814. The molecule has 7 heteroatoms. The molecule has 3 rings (SSSR count). The molecule has 6 nitrogen and oxygen atoms in total. The normalized spacial score (nSPS) is 23.3. The van der Waals surface area contributed by atoms with Gasteiger partial charge in [-0.3, -0.25) is 14.4 Å². The van der Waals surface area contributed by atoms with Crippen molar-refractivity contribution in [2.75, 3.05) is 31.1 Å². The Balaban J connectivity index is 1.53. The number of hydrogen-bond acceptors (Lipinski definition) is 4. The number of carbonyl (C=O) groups is 3. The molecule has 0 saturated carbocycles. The minimum absolute atomic E-state index is 0.0302. The molecular formula is C19H24ClN3O3. The Labute approximate surface area is 158 Å². The van der Waals surface area contributed by atoms with Crippen LogP contribution in [-0.2, 0) is 14.4 Å². The van der Waals surface area contributed by atoms with Crippen molar-refractivity contribution in [3.05, 3.63) is 28.8 Å². The van der Waals surface area contributed by atoms with Gasteiger partial charge in [0, 0.05) is 43.3 Å². The van der Waals surface area contributed by atoms with Crippen molar-refractivity contribution in [2.24, 2.45) is 0 Å². The van der Waals surface area contributed by atoms with Crippen molar-refractivity contribution in [3.63, 3.8) is 0 Å². The molecule has 1 unspecified atom stereocenters. The summed E-state index contributed by atoms with van der Waals surface area (Å²) >= 11 is 6.20. The minimum atomic E-state index is -0.896. The highest BCUT2D eigenvalue weighted by Crippen LogP contribution is 2.27. The molecule has 1 atom stereocenters. The number of anilines is 1. The van der Waals surface area contributed by atoms with Crippen LogP contribution in [0.2, 0.25) is 5.02 Å². The molecule has 140 valence electrons. The molecule has 1 aromatic rings. The van der Waals surface area contributed by atoms with Gasteiger partial charge in [0.2, 0.25) is 11.8 Å². The third-order valence-corrected chi connectivity index (χ3v) is 5.81. The first-order valence-corrected chi connectivity index (χ1v) is 9.30. The maximum atomic E-state index is 12.5. The smallest absolute Gasteiger partial charge is 0.228 e. The van der Waals surface area contributed by atoms with Gasteiger partial charge in [-0.05, 0) is 38.0 Å². The molecule has 2 aliphatic heterocycles. The summed E-state index contributed by atoms with van der Waals surface area (Å²) < 4.78 is 0. The molecule has 0 radical (unpaired) electrons. The van der Waals surface area contributed by atoms with Crippen molar-refractivity contribution in [3.8, 4) is 0 Å². The first kappa shape index (κ1) is 18.7. The summed E-state index contributed by atoms with van der Waals surface area (Å²) in [5, 5.41) is 3.45. The highest BCUT2D eigenvalue weighted by atomic mass is 35.5. The third kappa shape index (κ3) is 3.70. The summed E-state index contributed by atoms with van der Waals surface area (Å²) in [6.45, 7) is 6.49. The molecule has 1 aromatic carbocycles. The SMILES string of the molecule is Cc1c(Cl)cccc1N1CCN(C(=O)CCC2(C)NC(=O)CC2=O)CC1. The van der Waals surface area contributed by atoms with Crippen molar-refractivity contribution in [2.45, 2.75) is 38.6 Å². The van der Waals surface area contributed by atoms with E-state index >= 15 is 0 Å². The van der Waals surface area contributed by atoms with Crippen LogP contribution in [0.3, 0.4) is 0 Å². The molecule has 2 fully saturated rings. The number of amides is 2. The molecule has 2 aliphatic rings. The maximum absolute atomic E-state index is 12.5. The van der Waals surface area contributed by atoms with E-state index in [-0.39, 0.29) is 30.4 Å². The van der Waals surface area contributed by atoms with Crippen LogP contribution in [0.4, 0.5) is 5.69 Å². The number of halogens is 1. The average Bonchev–Trinajstić information content (AvgIpc) is 2.88. The number of nitrogens with zero attached hydrogens (tertiary/aromatic N) is 2. The predicted octanol–water partition coefficient (Wildman–Crippen LogP) is 1.92. The van der Waals surface area contributed by atoms with Crippen LogP contribution in [0.5, 0.6) is 0 Å². The summed E-state index contributed by atoms with van der Waals surface area (Å²) in [5.74, 6) is -0.352. The number of piperazine rings is 1. The molecule has 0 spiro atoms. The van der Waals surface area contributed by atoms with Gasteiger partial charge in [-0.15, -0.1) is 0 Å². The van der Waals surface area contributed by atoms with Gasteiger partial charge in [0.1, 0.15) is 0 Å². The average molecular weight is 378 g/mol. The van der Waals surface area contributed by atoms with E-state index in [0.29, 0.717) is 19.5 Å². The van der Waals surface area contributed by atoms with Crippen molar-refractivity contribution < 1.29 is 14.4 Å². The molecule has 2 saturated heterocycles. The lowest BCUT2D eigenvalue weighted by atomic mass is 9.92. The van der Waals surface area contributed by atoms with Crippen molar-refractivity contribution in [1.29, 1.82) is 0 Å². The molecule has 2 amide bonds. The summed E-state index contributed by atoms with van der Waals surface area (Å²) in [5.41, 5.74) is 1.26. The number of nitrogens with one attached hydrogen (secondary N) is 1. The number of ketones is 1. The Morgan fingerprint density at radius 1 is 1.23 bits per heavy atom. The van der Waals surface area contributed by atoms with Crippen LogP contribution >= 0.6 is 11.6 Å². The van der Waals surface area contributed by atoms with Gasteiger partial charge in [-0.2, -0.15) is 0 Å². The fourth-order valence-electron chi connectivity index (χ4n) is 3.61. The van der Waals surface area contributed by atoms with E-state index in [4.69, 9.17) is 11.6 Å². The Morgan fingerprint density at radius 3 is 2.54 bits per heavy atom. The lowest BCUT2D eigenvalue weighted by Gasteiger charge is -2.37. The summed E-state index contributed by atoms with van der Waals surface area (Å²) in [4.78, 5) is 39.9. The van der Waals surface area contributed by atoms with E-state index in [1.54, 1.807) is 6.92 Å². The van der Waals surface area contributed by atoms with Crippen LogP contribution in [0, 0.1) is 6.92 Å². The zero-order valence-electron chi connectivity index (χ0n) is 15.2. The Kier molecular flexibility index (Phi) is 5.23. The van der Waals surface area contributed by atoms with Gasteiger partial charge < -0.3 is 15.1 Å². The van der Waals surface area contributed by atoms with Crippen molar-refractivity contribution >= 4 is 34.9 Å². The molecular weight excluding hydrogens is 354 g/mol. The molecule has 0 aromatic heterocycles. The van der Waals surface area contributed by atoms with E-state index in [0.717, 1.165) is 29.4 Å². The van der Waals surface area contributed by atoms with E-state index in [9.17, 15) is 14.4 Å². The number of carbonyl (C=O) groups excluding carboxylic acids is 3. The van der Waals surface area contributed by atoms with E-state index in [1.807, 2.05) is 30.0 Å². The number of Topliss-reactive ketones (excluding diaryl/α,β-unsaturated/α-hetero) is 1. The summed E-state index contributed by atoms with van der Waals surface area (Å²) in [6.07, 6.45) is 0.533. The largest absolute Gasteiger partial charge is 0.368 e. The van der Waals surface area contributed by atoms with Gasteiger partial charge in [-0.25, -0.2) is 0 Å². The van der Waals surface area contributed by atoms with Crippen LogP contribution in [-0.4, -0.2) is 54.2 Å². The van der Waals surface area contributed by atoms with Gasteiger partial charge >= 0.3 is 0 Å². The second kappa shape index (κ2) is 7.27. The molecule has 26 heavy (non-hydrogen) atoms. The standard InChI is InChI=1S/C19H24ClN3O3/c1-13-14(20)4-3-5-15(13)22-8-10-23(11-9-22)18(26)6-7-19(2)16(24)12-17(25)21-19/h3-5H,6-12H2,1-2H3,(H,21,25). The maximum Gasteiger partial charge on any atom is 0.228 e. The fraction of sp³-hybridized carbons (Fsp3) is 0.526. The van der Waals surface area contributed by atoms with E-state index in [1.165, 1.54) is 0 Å². The topological polar surface area (TPSA) is 69.7 Å². The predicted molar refractivity (Wildman–Crippen MR) is 100 cm³/mol. The van der Waals surface area contributed by atoms with Gasteiger partial charge in [0.15, 0.2) is 5.78 Å². The zero-order chi connectivity index (χ0) is 18.9. The van der Waals surface area contributed by atoms with Crippen molar-refractivity contribution in [1.82, 2.24) is 10.2 Å². The first-order chi connectivity index (χ1) is 12.3. The molecule has 0 aliphatic carbocycles. The van der Waals surface area contributed by atoms with Crippen LogP contribution in [0.15, 0.2) is 18.2 Å². The Hall–Kier alpha value is -2.08. The second-order valence-electron chi connectivity index (χ2n) is 7.23. The molecule has 0 bridgehead atoms. The number of rotatable bonds is 4. The number of benzene rings is 1. The Morgan fingerprint density at radius 2 is 1.92 bits per heavy atom. The third-order valence-electron chi connectivity index (χ3n) is 5.40. The lowest BCUT2D eigenvalue weighted by molar-refractivity contribution is -0.132. The van der Waals surface area contributed by atoms with Gasteiger partial charge in [0.05, 0.1) is 12.0 Å². The van der Waals surface area contributed by atoms with Crippen LogP contribution in [0.1, 0.15) is 31.7 Å². The fourth-order valence-corrected chi connectivity index (χ4v) is 3.78. The highest BCUT2D eigenvalue weighted by molar-refractivity contribution is 6.31. The lowest BCUT2D eigenvalue weighted by Crippen LogP contribution is -2.50. The second-order valence-corrected chi connectivity index (χ2v) is 7.64. The van der Waals surface area contributed by atoms with Gasteiger partial charge in [0.25, 0.3) is 0 Å². The number of hydrogen-bond donors (Lipinski definition) is 1. The highest BCUT2D eigenvalue weighted by Gasteiger charge is 2.41. The first-order valence-electron chi connectivity index (χ1n) is 8.92. The molecule has 2 heterocycles. The van der Waals surface area contributed by atoms with E-state index in [2.05, 4.69) is 10.2 Å². The van der Waals surface area contributed by atoms with Crippen LogP contribution in [0.25, 0.3) is 0 Å². The molecule has 1 N–H and O–H groups in total.